The molecule has 84 valence electrons. The molecule has 0 amide bonds. The van der Waals surface area contributed by atoms with E-state index in [0.717, 1.165) is 0 Å². The van der Waals surface area contributed by atoms with Crippen LogP contribution >= 0.6 is 15.9 Å². The quantitative estimate of drug-likeness (QED) is 0.741. The first-order chi connectivity index (χ1) is 6.99. The summed E-state index contributed by atoms with van der Waals surface area (Å²) in [7, 11) is 0. The zero-order valence-electron chi connectivity index (χ0n) is 7.67. The van der Waals surface area contributed by atoms with Gasteiger partial charge in [-0.1, -0.05) is 0 Å². The van der Waals surface area contributed by atoms with E-state index in [1.165, 1.54) is 6.07 Å². The summed E-state index contributed by atoms with van der Waals surface area (Å²) in [5.41, 5.74) is 5.63. The number of aromatic hydroxyl groups is 1. The lowest BCUT2D eigenvalue weighted by Crippen LogP contribution is -2.13. The van der Waals surface area contributed by atoms with E-state index in [1.54, 1.807) is 0 Å². The van der Waals surface area contributed by atoms with Crippen LogP contribution in [0.4, 0.5) is 8.78 Å². The minimum Gasteiger partial charge on any atom is -0.505 e. The second-order valence-electron chi connectivity index (χ2n) is 3.04. The summed E-state index contributed by atoms with van der Waals surface area (Å²) in [4.78, 5) is 0. The molecule has 0 saturated heterocycles. The van der Waals surface area contributed by atoms with Gasteiger partial charge < -0.3 is 15.9 Å². The second kappa shape index (κ2) is 4.87. The standard InChI is InChI=1S/C9H10BrF2NO2/c10-5-3-4(6(13)1-2-14)9(15)8(12)7(5)11/h3,6,14-15H,1-2,13H2/t6-/m1/s1. The lowest BCUT2D eigenvalue weighted by Gasteiger charge is -2.13. The molecule has 0 aliphatic rings. The highest BCUT2D eigenvalue weighted by Crippen LogP contribution is 2.33. The Morgan fingerprint density at radius 2 is 2.00 bits per heavy atom. The highest BCUT2D eigenvalue weighted by molar-refractivity contribution is 9.10. The summed E-state index contributed by atoms with van der Waals surface area (Å²) in [6.07, 6.45) is 0.158. The molecule has 1 atom stereocenters. The Hall–Kier alpha value is -0.720. The second-order valence-corrected chi connectivity index (χ2v) is 3.90. The molecule has 0 fully saturated rings. The topological polar surface area (TPSA) is 66.5 Å². The Morgan fingerprint density at radius 1 is 1.40 bits per heavy atom. The molecule has 0 aromatic heterocycles. The first-order valence-corrected chi connectivity index (χ1v) is 5.01. The molecule has 0 radical (unpaired) electrons. The lowest BCUT2D eigenvalue weighted by atomic mass is 10.0. The van der Waals surface area contributed by atoms with Gasteiger partial charge in [0.25, 0.3) is 0 Å². The normalized spacial score (nSPS) is 12.9. The number of benzene rings is 1. The largest absolute Gasteiger partial charge is 0.505 e. The monoisotopic (exact) mass is 281 g/mol. The molecule has 6 heteroatoms. The van der Waals surface area contributed by atoms with Crippen LogP contribution in [0.5, 0.6) is 5.75 Å². The number of rotatable bonds is 3. The fourth-order valence-corrected chi connectivity index (χ4v) is 1.60. The highest BCUT2D eigenvalue weighted by atomic mass is 79.9. The van der Waals surface area contributed by atoms with Gasteiger partial charge in [-0.15, -0.1) is 0 Å². The average Bonchev–Trinajstić information content (AvgIpc) is 2.20. The van der Waals surface area contributed by atoms with Gasteiger partial charge in [0, 0.05) is 18.2 Å². The first-order valence-electron chi connectivity index (χ1n) is 4.21. The number of hydrogen-bond acceptors (Lipinski definition) is 3. The number of phenolic OH excluding ortho intramolecular Hbond substituents is 1. The third-order valence-corrected chi connectivity index (χ3v) is 2.58. The van der Waals surface area contributed by atoms with Crippen LogP contribution in [0.3, 0.4) is 0 Å². The van der Waals surface area contributed by atoms with Gasteiger partial charge in [0.1, 0.15) is 0 Å². The van der Waals surface area contributed by atoms with Crippen LogP contribution in [0.15, 0.2) is 10.5 Å². The van der Waals surface area contributed by atoms with Gasteiger partial charge >= 0.3 is 0 Å². The zero-order valence-corrected chi connectivity index (χ0v) is 9.26. The molecule has 0 heterocycles. The molecule has 1 aromatic carbocycles. The van der Waals surface area contributed by atoms with Crippen molar-refractivity contribution in [3.8, 4) is 5.75 Å². The van der Waals surface area contributed by atoms with Gasteiger partial charge in [-0.2, -0.15) is 4.39 Å². The first kappa shape index (κ1) is 12.4. The maximum Gasteiger partial charge on any atom is 0.201 e. The van der Waals surface area contributed by atoms with Gasteiger partial charge in [-0.05, 0) is 28.4 Å². The van der Waals surface area contributed by atoms with Crippen molar-refractivity contribution in [3.63, 3.8) is 0 Å². The SMILES string of the molecule is N[C@H](CCO)c1cc(Br)c(F)c(F)c1O. The maximum atomic E-state index is 13.1. The van der Waals surface area contributed by atoms with Gasteiger partial charge in [0.2, 0.25) is 5.82 Å². The minimum absolute atomic E-state index is 0.0647. The summed E-state index contributed by atoms with van der Waals surface area (Å²) < 4.78 is 25.9. The van der Waals surface area contributed by atoms with Crippen molar-refractivity contribution in [2.45, 2.75) is 12.5 Å². The smallest absolute Gasteiger partial charge is 0.201 e. The van der Waals surface area contributed by atoms with Gasteiger partial charge in [-0.25, -0.2) is 4.39 Å². The molecule has 0 spiro atoms. The highest BCUT2D eigenvalue weighted by Gasteiger charge is 2.20. The van der Waals surface area contributed by atoms with Crippen LogP contribution in [0.25, 0.3) is 0 Å². The molecule has 0 aliphatic heterocycles. The summed E-state index contributed by atoms with van der Waals surface area (Å²) >= 11 is 2.81. The van der Waals surface area contributed by atoms with E-state index in [2.05, 4.69) is 15.9 Å². The number of nitrogens with two attached hydrogens (primary N) is 1. The lowest BCUT2D eigenvalue weighted by molar-refractivity contribution is 0.274. The Labute approximate surface area is 93.7 Å². The average molecular weight is 282 g/mol. The van der Waals surface area contributed by atoms with Crippen molar-refractivity contribution >= 4 is 15.9 Å². The van der Waals surface area contributed by atoms with Crippen LogP contribution in [0, 0.1) is 11.6 Å². The van der Waals surface area contributed by atoms with E-state index in [9.17, 15) is 13.9 Å². The number of phenols is 1. The number of halogens is 3. The third-order valence-electron chi connectivity index (χ3n) is 2.01. The molecular formula is C9H10BrF2NO2. The van der Waals surface area contributed by atoms with E-state index < -0.39 is 23.4 Å². The van der Waals surface area contributed by atoms with E-state index in [-0.39, 0.29) is 23.1 Å². The number of aliphatic hydroxyl groups is 1. The summed E-state index contributed by atoms with van der Waals surface area (Å²) in [5.74, 6) is -3.31. The van der Waals surface area contributed by atoms with Gasteiger partial charge in [-0.3, -0.25) is 0 Å². The van der Waals surface area contributed by atoms with Gasteiger partial charge in [0.05, 0.1) is 4.47 Å². The molecule has 0 bridgehead atoms. The summed E-state index contributed by atoms with van der Waals surface area (Å²) in [6, 6.07) is 0.468. The molecule has 1 aromatic rings. The fourth-order valence-electron chi connectivity index (χ4n) is 1.18. The Kier molecular flexibility index (Phi) is 4.01. The zero-order chi connectivity index (χ0) is 11.6. The predicted octanol–water partition coefficient (Wildman–Crippen LogP) is 1.82. The molecular weight excluding hydrogens is 272 g/mol. The molecule has 0 aliphatic carbocycles. The molecule has 15 heavy (non-hydrogen) atoms. The summed E-state index contributed by atoms with van der Waals surface area (Å²) in [5, 5.41) is 17.9. The van der Waals surface area contributed by atoms with Crippen LogP contribution in [-0.4, -0.2) is 16.8 Å². The van der Waals surface area contributed by atoms with Gasteiger partial charge in [0.15, 0.2) is 11.6 Å². The van der Waals surface area contributed by atoms with Crippen molar-refractivity contribution in [3.05, 3.63) is 27.7 Å². The van der Waals surface area contributed by atoms with Crippen molar-refractivity contribution in [1.29, 1.82) is 0 Å². The molecule has 0 saturated carbocycles. The third kappa shape index (κ3) is 2.45. The summed E-state index contributed by atoms with van der Waals surface area (Å²) in [6.45, 7) is -0.197. The van der Waals surface area contributed by atoms with Crippen LogP contribution < -0.4 is 5.73 Å². The van der Waals surface area contributed by atoms with Crippen molar-refractivity contribution in [2.24, 2.45) is 5.73 Å². The van der Waals surface area contributed by atoms with E-state index in [1.807, 2.05) is 0 Å². The van der Waals surface area contributed by atoms with Crippen LogP contribution in [-0.2, 0) is 0 Å². The minimum atomic E-state index is -1.34. The Balaban J connectivity index is 3.19. The molecule has 0 unspecified atom stereocenters. The van der Waals surface area contributed by atoms with Crippen LogP contribution in [0.2, 0.25) is 0 Å². The van der Waals surface area contributed by atoms with E-state index >= 15 is 0 Å². The fraction of sp³-hybridized carbons (Fsp3) is 0.333. The predicted molar refractivity (Wildman–Crippen MR) is 54.4 cm³/mol. The van der Waals surface area contributed by atoms with Crippen molar-refractivity contribution in [1.82, 2.24) is 0 Å². The van der Waals surface area contributed by atoms with Crippen LogP contribution in [0.1, 0.15) is 18.0 Å². The van der Waals surface area contributed by atoms with E-state index in [4.69, 9.17) is 10.8 Å². The molecule has 3 nitrogen and oxygen atoms in total. The van der Waals surface area contributed by atoms with E-state index in [0.29, 0.717) is 0 Å². The number of aliphatic hydroxyl groups excluding tert-OH is 1. The van der Waals surface area contributed by atoms with Crippen molar-refractivity contribution in [2.75, 3.05) is 6.61 Å². The number of hydrogen-bond donors (Lipinski definition) is 3. The van der Waals surface area contributed by atoms with Crippen molar-refractivity contribution < 1.29 is 19.0 Å². The molecule has 4 N–H and O–H groups in total. The Morgan fingerprint density at radius 3 is 2.53 bits per heavy atom. The maximum absolute atomic E-state index is 13.1. The Bertz CT molecular complexity index is 374. The molecule has 1 rings (SSSR count).